The number of aromatic nitrogens is 2. The Balaban J connectivity index is 2.59. The van der Waals surface area contributed by atoms with E-state index < -0.39 is 0 Å². The molecule has 0 saturated carbocycles. The van der Waals surface area contributed by atoms with Gasteiger partial charge in [-0.15, -0.1) is 0 Å². The van der Waals surface area contributed by atoms with Gasteiger partial charge in [-0.2, -0.15) is 0 Å². The summed E-state index contributed by atoms with van der Waals surface area (Å²) in [4.78, 5) is 8.94. The highest BCUT2D eigenvalue weighted by Gasteiger charge is 2.09. The topological polar surface area (TPSA) is 61.0 Å². The quantitative estimate of drug-likeness (QED) is 0.872. The minimum Gasteiger partial charge on any atom is -0.494 e. The molecule has 4 heteroatoms. The molecule has 0 atom stereocenters. The minimum absolute atomic E-state index is 0.675. The molecule has 0 aliphatic carbocycles. The van der Waals surface area contributed by atoms with E-state index in [0.29, 0.717) is 6.54 Å². The van der Waals surface area contributed by atoms with Crippen molar-refractivity contribution in [2.45, 2.75) is 19.8 Å². The average molecular weight is 231 g/mol. The van der Waals surface area contributed by atoms with Crippen LogP contribution in [0.2, 0.25) is 0 Å². The van der Waals surface area contributed by atoms with Crippen molar-refractivity contribution in [1.29, 1.82) is 0 Å². The molecule has 0 bridgehead atoms. The Bertz CT molecular complexity index is 525. The number of methoxy groups -OCH3 is 1. The number of hydrogen-bond donors (Lipinski definition) is 1. The highest BCUT2D eigenvalue weighted by atomic mass is 16.5. The first-order valence-electron chi connectivity index (χ1n) is 5.76. The second-order valence-electron chi connectivity index (χ2n) is 3.97. The van der Waals surface area contributed by atoms with Crippen molar-refractivity contribution in [3.05, 3.63) is 29.7 Å². The highest BCUT2D eigenvalue weighted by Crippen LogP contribution is 2.25. The van der Waals surface area contributed by atoms with E-state index in [4.69, 9.17) is 10.5 Å². The molecule has 0 fully saturated rings. The van der Waals surface area contributed by atoms with Crippen LogP contribution in [0.3, 0.4) is 0 Å². The van der Waals surface area contributed by atoms with Gasteiger partial charge < -0.3 is 10.5 Å². The van der Waals surface area contributed by atoms with Crippen LogP contribution in [0.25, 0.3) is 10.9 Å². The molecule has 1 heterocycles. The lowest BCUT2D eigenvalue weighted by Gasteiger charge is -2.09. The zero-order valence-electron chi connectivity index (χ0n) is 10.2. The van der Waals surface area contributed by atoms with Gasteiger partial charge >= 0.3 is 0 Å². The number of aryl methyl sites for hydroxylation is 2. The van der Waals surface area contributed by atoms with Crippen LogP contribution in [0, 0.1) is 6.92 Å². The highest BCUT2D eigenvalue weighted by molar-refractivity contribution is 5.86. The maximum absolute atomic E-state index is 5.55. The molecule has 17 heavy (non-hydrogen) atoms. The number of hydrogen-bond acceptors (Lipinski definition) is 4. The molecule has 2 N–H and O–H groups in total. The van der Waals surface area contributed by atoms with Crippen LogP contribution < -0.4 is 10.5 Å². The Morgan fingerprint density at radius 3 is 2.82 bits per heavy atom. The first kappa shape index (κ1) is 11.8. The van der Waals surface area contributed by atoms with E-state index in [9.17, 15) is 0 Å². The van der Waals surface area contributed by atoms with Gasteiger partial charge in [-0.1, -0.05) is 12.1 Å². The van der Waals surface area contributed by atoms with E-state index in [1.807, 2.05) is 25.1 Å². The van der Waals surface area contributed by atoms with E-state index >= 15 is 0 Å². The number of para-hydroxylation sites is 1. The van der Waals surface area contributed by atoms with Gasteiger partial charge in [0.2, 0.25) is 0 Å². The fraction of sp³-hybridized carbons (Fsp3) is 0.385. The third-order valence-corrected chi connectivity index (χ3v) is 2.72. The van der Waals surface area contributed by atoms with Crippen molar-refractivity contribution < 1.29 is 4.74 Å². The molecular weight excluding hydrogens is 214 g/mol. The van der Waals surface area contributed by atoms with Crippen molar-refractivity contribution in [3.8, 4) is 5.75 Å². The summed E-state index contributed by atoms with van der Waals surface area (Å²) in [6.07, 6.45) is 1.81. The standard InChI is InChI=1S/C13H17N3O/c1-9-15-11(6-4-8-14)10-5-3-7-12(17-2)13(10)16-9/h3,5,7H,4,6,8,14H2,1-2H3. The Kier molecular flexibility index (Phi) is 3.54. The molecule has 90 valence electrons. The van der Waals surface area contributed by atoms with Crippen LogP contribution in [-0.4, -0.2) is 23.6 Å². The monoisotopic (exact) mass is 231 g/mol. The normalized spacial score (nSPS) is 10.8. The molecule has 0 saturated heterocycles. The van der Waals surface area contributed by atoms with Crippen molar-refractivity contribution in [1.82, 2.24) is 9.97 Å². The smallest absolute Gasteiger partial charge is 0.145 e. The third kappa shape index (κ3) is 2.36. The number of ether oxygens (including phenoxy) is 1. The summed E-state index contributed by atoms with van der Waals surface area (Å²) in [5.41, 5.74) is 7.48. The zero-order chi connectivity index (χ0) is 12.3. The molecule has 1 aromatic carbocycles. The van der Waals surface area contributed by atoms with Crippen LogP contribution in [0.1, 0.15) is 17.9 Å². The lowest BCUT2D eigenvalue weighted by molar-refractivity contribution is 0.418. The van der Waals surface area contributed by atoms with Crippen LogP contribution in [0.5, 0.6) is 5.75 Å². The fourth-order valence-electron chi connectivity index (χ4n) is 1.94. The Labute approximate surface area is 101 Å². The van der Waals surface area contributed by atoms with Gasteiger partial charge in [-0.05, 0) is 32.4 Å². The van der Waals surface area contributed by atoms with Crippen LogP contribution in [-0.2, 0) is 6.42 Å². The van der Waals surface area contributed by atoms with Crippen molar-refractivity contribution in [2.75, 3.05) is 13.7 Å². The van der Waals surface area contributed by atoms with E-state index in [2.05, 4.69) is 9.97 Å². The van der Waals surface area contributed by atoms with Crippen LogP contribution >= 0.6 is 0 Å². The SMILES string of the molecule is COc1cccc2c(CCCN)nc(C)nc12. The van der Waals surface area contributed by atoms with Gasteiger partial charge in [-0.25, -0.2) is 9.97 Å². The van der Waals surface area contributed by atoms with E-state index in [1.165, 1.54) is 0 Å². The Morgan fingerprint density at radius 2 is 2.12 bits per heavy atom. The largest absolute Gasteiger partial charge is 0.494 e. The maximum atomic E-state index is 5.55. The van der Waals surface area contributed by atoms with Crippen molar-refractivity contribution in [2.24, 2.45) is 5.73 Å². The molecule has 1 aromatic heterocycles. The number of fused-ring (bicyclic) bond motifs is 1. The second-order valence-corrected chi connectivity index (χ2v) is 3.97. The van der Waals surface area contributed by atoms with Gasteiger partial charge in [0.1, 0.15) is 17.1 Å². The number of rotatable bonds is 4. The predicted octanol–water partition coefficient (Wildman–Crippen LogP) is 1.84. The summed E-state index contributed by atoms with van der Waals surface area (Å²) in [7, 11) is 1.66. The molecule has 4 nitrogen and oxygen atoms in total. The first-order chi connectivity index (χ1) is 8.26. The predicted molar refractivity (Wildman–Crippen MR) is 68.2 cm³/mol. The lowest BCUT2D eigenvalue weighted by atomic mass is 10.1. The summed E-state index contributed by atoms with van der Waals surface area (Å²) in [5, 5.41) is 1.06. The lowest BCUT2D eigenvalue weighted by Crippen LogP contribution is -2.04. The van der Waals surface area contributed by atoms with Crippen LogP contribution in [0.15, 0.2) is 18.2 Å². The van der Waals surface area contributed by atoms with Gasteiger partial charge in [-0.3, -0.25) is 0 Å². The number of nitrogens with zero attached hydrogens (tertiary/aromatic N) is 2. The van der Waals surface area contributed by atoms with Gasteiger partial charge in [0.05, 0.1) is 12.8 Å². The Morgan fingerprint density at radius 1 is 1.29 bits per heavy atom. The molecular formula is C13H17N3O. The first-order valence-corrected chi connectivity index (χ1v) is 5.76. The minimum atomic E-state index is 0.675. The molecule has 0 unspecified atom stereocenters. The van der Waals surface area contributed by atoms with Crippen molar-refractivity contribution >= 4 is 10.9 Å². The Hall–Kier alpha value is -1.68. The summed E-state index contributed by atoms with van der Waals surface area (Å²) < 4.78 is 5.33. The van der Waals surface area contributed by atoms with Gasteiger partial charge in [0.15, 0.2) is 0 Å². The van der Waals surface area contributed by atoms with E-state index in [1.54, 1.807) is 7.11 Å². The van der Waals surface area contributed by atoms with Gasteiger partial charge in [0.25, 0.3) is 0 Å². The molecule has 0 amide bonds. The molecule has 0 spiro atoms. The fourth-order valence-corrected chi connectivity index (χ4v) is 1.94. The van der Waals surface area contributed by atoms with E-state index in [-0.39, 0.29) is 0 Å². The summed E-state index contributed by atoms with van der Waals surface area (Å²) >= 11 is 0. The average Bonchev–Trinajstić information content (AvgIpc) is 2.35. The number of benzene rings is 1. The summed E-state index contributed by atoms with van der Waals surface area (Å²) in [6.45, 7) is 2.58. The van der Waals surface area contributed by atoms with Gasteiger partial charge in [0, 0.05) is 5.39 Å². The zero-order valence-corrected chi connectivity index (χ0v) is 10.2. The molecule has 0 aliphatic heterocycles. The van der Waals surface area contributed by atoms with Crippen molar-refractivity contribution in [3.63, 3.8) is 0 Å². The molecule has 0 radical (unpaired) electrons. The van der Waals surface area contributed by atoms with Crippen LogP contribution in [0.4, 0.5) is 0 Å². The summed E-state index contributed by atoms with van der Waals surface area (Å²) in [5.74, 6) is 1.57. The summed E-state index contributed by atoms with van der Waals surface area (Å²) in [6, 6.07) is 5.91. The number of nitrogens with two attached hydrogens (primary N) is 1. The molecule has 2 rings (SSSR count). The second kappa shape index (κ2) is 5.10. The molecule has 2 aromatic rings. The molecule has 0 aliphatic rings. The third-order valence-electron chi connectivity index (χ3n) is 2.72. The maximum Gasteiger partial charge on any atom is 0.145 e. The van der Waals surface area contributed by atoms with E-state index in [0.717, 1.165) is 41.0 Å².